The molecule has 1 fully saturated rings. The lowest BCUT2D eigenvalue weighted by Crippen LogP contribution is -2.48. The van der Waals surface area contributed by atoms with Gasteiger partial charge in [-0.2, -0.15) is 5.10 Å². The summed E-state index contributed by atoms with van der Waals surface area (Å²) >= 11 is 1.55. The third-order valence-corrected chi connectivity index (χ3v) is 8.87. The first kappa shape index (κ1) is 37.8. The van der Waals surface area contributed by atoms with E-state index in [4.69, 9.17) is 9.72 Å². The molecule has 0 radical (unpaired) electrons. The smallest absolute Gasteiger partial charge is 0.323 e. The molecule has 1 saturated heterocycles. The minimum atomic E-state index is -0.467. The molecule has 11 nitrogen and oxygen atoms in total. The maximum atomic E-state index is 13.4. The maximum absolute atomic E-state index is 13.4. The Morgan fingerprint density at radius 3 is 2.33 bits per heavy atom. The quantitative estimate of drug-likeness (QED) is 0.0825. The van der Waals surface area contributed by atoms with Crippen molar-refractivity contribution in [3.63, 3.8) is 0 Å². The summed E-state index contributed by atoms with van der Waals surface area (Å²) in [6.45, 7) is 4.04. The van der Waals surface area contributed by atoms with Crippen LogP contribution in [0, 0.1) is 11.6 Å². The number of nitrogens with one attached hydrogen (secondary N) is 3. The summed E-state index contributed by atoms with van der Waals surface area (Å²) in [5.74, 6) is -0.680. The van der Waals surface area contributed by atoms with Crippen molar-refractivity contribution in [2.24, 2.45) is 5.10 Å². The number of ether oxygens (including phenoxy) is 1. The lowest BCUT2D eigenvalue weighted by Gasteiger charge is -2.33. The number of benzene rings is 4. The van der Waals surface area contributed by atoms with Crippen LogP contribution in [0.4, 0.5) is 25.0 Å². The average Bonchev–Trinajstić information content (AvgIpc) is 3.58. The normalized spacial score (nSPS) is 13.3. The number of carbonyl (C=O) groups is 2. The van der Waals surface area contributed by atoms with Crippen LogP contribution in [0.25, 0.3) is 10.6 Å². The van der Waals surface area contributed by atoms with Crippen molar-refractivity contribution in [1.82, 2.24) is 20.2 Å². The topological polar surface area (TPSA) is 131 Å². The number of carbonyl (C=O) groups excluding carboxylic acids is 2. The summed E-state index contributed by atoms with van der Waals surface area (Å²) in [5, 5.41) is 22.6. The molecule has 0 saturated carbocycles. The third kappa shape index (κ3) is 11.0. The van der Waals surface area contributed by atoms with Crippen molar-refractivity contribution < 1.29 is 28.2 Å². The van der Waals surface area contributed by atoms with Crippen LogP contribution in [0.2, 0.25) is 0 Å². The molecule has 4 aromatic carbocycles. The number of piperazine rings is 1. The Kier molecular flexibility index (Phi) is 13.2. The molecule has 0 aliphatic carbocycles. The molecule has 2 heterocycles. The Hall–Kier alpha value is -5.41. The summed E-state index contributed by atoms with van der Waals surface area (Å²) in [6.07, 6.45) is 1.37. The number of aromatic hydroxyl groups is 1. The second-order valence-corrected chi connectivity index (χ2v) is 12.7. The minimum absolute atomic E-state index is 0. The zero-order valence-corrected chi connectivity index (χ0v) is 29.4. The molecule has 0 unspecified atom stereocenters. The number of anilines is 2. The van der Waals surface area contributed by atoms with Gasteiger partial charge in [0.15, 0.2) is 0 Å². The van der Waals surface area contributed by atoms with Crippen molar-refractivity contribution >= 4 is 53.3 Å². The van der Waals surface area contributed by atoms with Gasteiger partial charge < -0.3 is 20.5 Å². The van der Waals surface area contributed by atoms with Crippen LogP contribution < -0.4 is 20.8 Å². The molecule has 6 rings (SSSR count). The van der Waals surface area contributed by atoms with Crippen molar-refractivity contribution in [2.75, 3.05) is 43.4 Å². The van der Waals surface area contributed by atoms with E-state index < -0.39 is 11.8 Å². The number of nitrogens with zero attached hydrogens (tertiary/aromatic N) is 4. The number of hydrazone groups is 1. The molecule has 1 aromatic heterocycles. The average molecular weight is 748 g/mol. The lowest BCUT2D eigenvalue weighted by molar-refractivity contribution is -0.122. The predicted molar refractivity (Wildman–Crippen MR) is 200 cm³/mol. The first-order valence-electron chi connectivity index (χ1n) is 16.1. The van der Waals surface area contributed by atoms with Gasteiger partial charge in [-0.15, -0.1) is 23.7 Å². The fraction of sp³-hybridized carbons (Fsp3) is 0.189. The van der Waals surface area contributed by atoms with Gasteiger partial charge in [-0.1, -0.05) is 18.2 Å². The van der Waals surface area contributed by atoms with Gasteiger partial charge in [0.2, 0.25) is 0 Å². The number of hydrogen-bond acceptors (Lipinski definition) is 9. The van der Waals surface area contributed by atoms with E-state index in [9.17, 15) is 23.5 Å². The zero-order chi connectivity index (χ0) is 35.6. The van der Waals surface area contributed by atoms with Gasteiger partial charge in [0.1, 0.15) is 34.7 Å². The van der Waals surface area contributed by atoms with Crippen LogP contribution >= 0.6 is 23.7 Å². The van der Waals surface area contributed by atoms with Crippen molar-refractivity contribution in [3.8, 4) is 22.1 Å². The van der Waals surface area contributed by atoms with Crippen LogP contribution in [0.5, 0.6) is 11.5 Å². The van der Waals surface area contributed by atoms with Crippen LogP contribution in [-0.2, 0) is 17.9 Å². The Balaban J connectivity index is 0.00000523. The van der Waals surface area contributed by atoms with Crippen LogP contribution in [-0.4, -0.2) is 70.8 Å². The molecule has 5 aromatic rings. The molecule has 0 spiro atoms. The monoisotopic (exact) mass is 747 g/mol. The number of hydrogen-bond donors (Lipinski definition) is 4. The van der Waals surface area contributed by atoms with Gasteiger partial charge in [-0.25, -0.2) is 24.0 Å². The highest BCUT2D eigenvalue weighted by Crippen LogP contribution is 2.26. The predicted octanol–water partition coefficient (Wildman–Crippen LogP) is 6.71. The van der Waals surface area contributed by atoms with E-state index in [2.05, 4.69) is 31.0 Å². The van der Waals surface area contributed by atoms with Gasteiger partial charge in [-0.3, -0.25) is 14.6 Å². The first-order chi connectivity index (χ1) is 24.8. The number of phenolic OH excluding ortho intramolecular Hbond substituents is 1. The molecule has 1 aliphatic rings. The molecule has 1 aliphatic heterocycles. The number of aromatic nitrogens is 1. The molecular weight excluding hydrogens is 712 g/mol. The minimum Gasteiger partial charge on any atom is -0.507 e. The molecule has 3 amide bonds. The highest BCUT2D eigenvalue weighted by Gasteiger charge is 2.20. The van der Waals surface area contributed by atoms with Crippen molar-refractivity contribution in [3.05, 3.63) is 125 Å². The Labute approximate surface area is 309 Å². The number of thiazole rings is 1. The third-order valence-electron chi connectivity index (χ3n) is 7.93. The van der Waals surface area contributed by atoms with Crippen molar-refractivity contribution in [2.45, 2.75) is 13.2 Å². The van der Waals surface area contributed by atoms with Gasteiger partial charge >= 0.3 is 6.03 Å². The largest absolute Gasteiger partial charge is 0.507 e. The highest BCUT2D eigenvalue weighted by atomic mass is 35.5. The van der Waals surface area contributed by atoms with Gasteiger partial charge in [0.25, 0.3) is 5.91 Å². The second kappa shape index (κ2) is 18.2. The number of amides is 3. The molecule has 4 N–H and O–H groups in total. The summed E-state index contributed by atoms with van der Waals surface area (Å²) in [5.41, 5.74) is 6.44. The van der Waals surface area contributed by atoms with Crippen molar-refractivity contribution in [1.29, 1.82) is 0 Å². The Bertz CT molecular complexity index is 2010. The summed E-state index contributed by atoms with van der Waals surface area (Å²) < 4.78 is 32.4. The fourth-order valence-corrected chi connectivity index (χ4v) is 6.15. The molecular formula is C37H36ClF2N7O4S. The number of rotatable bonds is 12. The summed E-state index contributed by atoms with van der Waals surface area (Å²) in [4.78, 5) is 33.9. The lowest BCUT2D eigenvalue weighted by atomic mass is 10.2. The number of phenols is 1. The van der Waals surface area contributed by atoms with Gasteiger partial charge in [0.05, 0.1) is 18.5 Å². The molecule has 0 atom stereocenters. The summed E-state index contributed by atoms with van der Waals surface area (Å²) in [6, 6.07) is 23.4. The van der Waals surface area contributed by atoms with Gasteiger partial charge in [-0.05, 0) is 72.3 Å². The fourth-order valence-electron chi connectivity index (χ4n) is 5.33. The van der Waals surface area contributed by atoms with E-state index >= 15 is 0 Å². The molecule has 270 valence electrons. The Morgan fingerprint density at radius 2 is 1.60 bits per heavy atom. The SMILES string of the molecule is Cl.O=C(CN1CCN(Cc2csc(-c3ccc(NC(=O)Nc4cccc(F)c4)cc3)n2)CC1)N/N=C/c1ccc(OCc2cccc(F)c2)cc1O. The molecule has 0 bridgehead atoms. The highest BCUT2D eigenvalue weighted by molar-refractivity contribution is 7.13. The Morgan fingerprint density at radius 1 is 0.885 bits per heavy atom. The molecule has 52 heavy (non-hydrogen) atoms. The maximum Gasteiger partial charge on any atom is 0.323 e. The number of halogens is 3. The standard InChI is InChI=1S/C37H35F2N7O4S.ClH/c38-28-4-1-3-25(17-28)23-50-33-12-9-27(34(47)19-33)20-40-44-35(48)22-46-15-13-45(14-16-46)21-32-24-51-36(41-32)26-7-10-30(11-8-26)42-37(49)43-31-6-2-5-29(39)18-31;/h1-12,17-20,24,47H,13-16,21-23H2,(H,44,48)(H2,42,43,49);1H/b40-20+;. The van der Waals surface area contributed by atoms with Gasteiger partial charge in [0, 0.05) is 66.7 Å². The van der Waals surface area contributed by atoms with E-state index in [0.29, 0.717) is 47.9 Å². The summed E-state index contributed by atoms with van der Waals surface area (Å²) in [7, 11) is 0. The zero-order valence-electron chi connectivity index (χ0n) is 27.8. The molecule has 15 heteroatoms. The number of urea groups is 1. The van der Waals surface area contributed by atoms with E-state index in [-0.39, 0.29) is 43.0 Å². The van der Waals surface area contributed by atoms with Crippen LogP contribution in [0.15, 0.2) is 101 Å². The van der Waals surface area contributed by atoms with E-state index in [0.717, 1.165) is 29.4 Å². The van der Waals surface area contributed by atoms with Crippen LogP contribution in [0.3, 0.4) is 0 Å². The van der Waals surface area contributed by atoms with Crippen LogP contribution in [0.1, 0.15) is 16.8 Å². The van der Waals surface area contributed by atoms with E-state index in [1.54, 1.807) is 53.8 Å². The van der Waals surface area contributed by atoms with E-state index in [1.165, 1.54) is 42.6 Å². The second-order valence-electron chi connectivity index (χ2n) is 11.8. The first-order valence-corrected chi connectivity index (χ1v) is 17.0. The van der Waals surface area contributed by atoms with E-state index in [1.807, 2.05) is 17.5 Å².